The van der Waals surface area contributed by atoms with Gasteiger partial charge in [0.25, 0.3) is 5.91 Å². The number of primary amides is 1. The Morgan fingerprint density at radius 2 is 2.06 bits per heavy atom. The molecule has 0 spiro atoms. The lowest BCUT2D eigenvalue weighted by Crippen LogP contribution is -2.24. The lowest BCUT2D eigenvalue weighted by atomic mass is 10.0. The molecule has 0 unspecified atom stereocenters. The fourth-order valence-corrected chi connectivity index (χ4v) is 3.14. The molecular weight excluding hydrogens is 396 g/mol. The molecule has 8 heteroatoms. The number of allylic oxidation sites excluding steroid dienone is 2. The van der Waals surface area contributed by atoms with Crippen LogP contribution in [0.15, 0.2) is 71.9 Å². The van der Waals surface area contributed by atoms with Crippen molar-refractivity contribution in [2.75, 3.05) is 0 Å². The zero-order valence-corrected chi connectivity index (χ0v) is 17.2. The highest BCUT2D eigenvalue weighted by Crippen LogP contribution is 2.22. The molecule has 0 aliphatic rings. The molecule has 0 aliphatic heterocycles. The fourth-order valence-electron chi connectivity index (χ4n) is 3.14. The first-order valence-electron chi connectivity index (χ1n) is 9.61. The molecule has 0 saturated carbocycles. The highest BCUT2D eigenvalue weighted by atomic mass is 16.5. The lowest BCUT2D eigenvalue weighted by Gasteiger charge is -2.14. The Morgan fingerprint density at radius 3 is 2.74 bits per heavy atom. The maximum absolute atomic E-state index is 12.6. The van der Waals surface area contributed by atoms with Crippen molar-refractivity contribution in [3.63, 3.8) is 0 Å². The fraction of sp³-hybridized carbons (Fsp3) is 0.174. The molecule has 0 bridgehead atoms. The number of aliphatic hydroxyl groups is 1. The van der Waals surface area contributed by atoms with Gasteiger partial charge in [-0.05, 0) is 55.7 Å². The van der Waals surface area contributed by atoms with Gasteiger partial charge in [0.1, 0.15) is 11.2 Å². The summed E-state index contributed by atoms with van der Waals surface area (Å²) < 4.78 is 1.63. The molecule has 0 saturated heterocycles. The predicted molar refractivity (Wildman–Crippen MR) is 119 cm³/mol. The van der Waals surface area contributed by atoms with Gasteiger partial charge in [-0.15, -0.1) is 0 Å². The molecule has 8 nitrogen and oxygen atoms in total. The zero-order chi connectivity index (χ0) is 22.6. The second-order valence-electron chi connectivity index (χ2n) is 7.68. The maximum atomic E-state index is 12.6. The van der Waals surface area contributed by atoms with E-state index in [0.717, 1.165) is 5.56 Å². The van der Waals surface area contributed by atoms with Crippen molar-refractivity contribution in [1.29, 1.82) is 0 Å². The number of benzene rings is 1. The van der Waals surface area contributed by atoms with Gasteiger partial charge in [-0.3, -0.25) is 20.3 Å². The van der Waals surface area contributed by atoms with Crippen molar-refractivity contribution < 1.29 is 15.1 Å². The largest absolute Gasteiger partial charge is 0.390 e. The van der Waals surface area contributed by atoms with E-state index in [-0.39, 0.29) is 10.9 Å². The standard InChI is InChI=1S/C23H24N4O4/c1-23(2,30)10-4-7-16(13-26-31)15-6-3-8-17(12-15)27-14-19(21(24)29)20(28)18-9-5-11-25-22(18)27/h3-9,11-14,26,30-31H,10H2,1-2H3,(H2,24,29)/b7-4-,16-13+. The van der Waals surface area contributed by atoms with Crippen molar-refractivity contribution in [3.05, 3.63) is 88.5 Å². The number of amides is 1. The van der Waals surface area contributed by atoms with Gasteiger partial charge in [0.2, 0.25) is 5.43 Å². The van der Waals surface area contributed by atoms with E-state index in [4.69, 9.17) is 5.73 Å². The molecule has 3 rings (SSSR count). The summed E-state index contributed by atoms with van der Waals surface area (Å²) in [6.45, 7) is 3.41. The summed E-state index contributed by atoms with van der Waals surface area (Å²) in [4.78, 5) is 28.7. The van der Waals surface area contributed by atoms with Gasteiger partial charge in [-0.25, -0.2) is 4.98 Å². The molecule has 0 atom stereocenters. The summed E-state index contributed by atoms with van der Waals surface area (Å²) in [6, 6.07) is 10.5. The first-order chi connectivity index (χ1) is 14.7. The van der Waals surface area contributed by atoms with Crippen LogP contribution in [0.2, 0.25) is 0 Å². The molecular formula is C23H24N4O4. The number of aromatic nitrogens is 2. The Kier molecular flexibility index (Phi) is 6.33. The third kappa shape index (κ3) is 5.06. The highest BCUT2D eigenvalue weighted by Gasteiger charge is 2.15. The molecule has 0 radical (unpaired) electrons. The Balaban J connectivity index is 2.14. The second kappa shape index (κ2) is 8.95. The Hall–Kier alpha value is -3.75. The molecule has 3 aromatic rings. The molecule has 0 aliphatic carbocycles. The van der Waals surface area contributed by atoms with Gasteiger partial charge in [-0.1, -0.05) is 24.3 Å². The van der Waals surface area contributed by atoms with Crippen LogP contribution in [0.5, 0.6) is 0 Å². The Morgan fingerprint density at radius 1 is 1.29 bits per heavy atom. The van der Waals surface area contributed by atoms with E-state index >= 15 is 0 Å². The van der Waals surface area contributed by atoms with Crippen LogP contribution in [0.25, 0.3) is 22.3 Å². The smallest absolute Gasteiger partial charge is 0.254 e. The van der Waals surface area contributed by atoms with Crippen LogP contribution in [0.3, 0.4) is 0 Å². The van der Waals surface area contributed by atoms with E-state index in [1.807, 2.05) is 17.6 Å². The molecule has 31 heavy (non-hydrogen) atoms. The van der Waals surface area contributed by atoms with Crippen molar-refractivity contribution >= 4 is 22.5 Å². The normalized spacial score (nSPS) is 12.5. The van der Waals surface area contributed by atoms with Crippen molar-refractivity contribution in [1.82, 2.24) is 15.0 Å². The second-order valence-corrected chi connectivity index (χ2v) is 7.68. The molecule has 5 N–H and O–H groups in total. The van der Waals surface area contributed by atoms with Crippen LogP contribution in [0, 0.1) is 0 Å². The maximum Gasteiger partial charge on any atom is 0.254 e. The topological polar surface area (TPSA) is 130 Å². The van der Waals surface area contributed by atoms with E-state index in [9.17, 15) is 19.9 Å². The minimum Gasteiger partial charge on any atom is -0.390 e. The van der Waals surface area contributed by atoms with E-state index in [1.165, 1.54) is 12.4 Å². The van der Waals surface area contributed by atoms with Gasteiger partial charge in [0, 0.05) is 24.3 Å². The van der Waals surface area contributed by atoms with Gasteiger partial charge in [0.15, 0.2) is 0 Å². The van der Waals surface area contributed by atoms with Gasteiger partial charge >= 0.3 is 0 Å². The number of nitrogens with zero attached hydrogens (tertiary/aromatic N) is 2. The van der Waals surface area contributed by atoms with Gasteiger partial charge < -0.3 is 15.4 Å². The number of hydroxylamine groups is 1. The molecule has 160 valence electrons. The first-order valence-corrected chi connectivity index (χ1v) is 9.61. The first kappa shape index (κ1) is 21.9. The lowest BCUT2D eigenvalue weighted by molar-refractivity contribution is 0.0839. The monoisotopic (exact) mass is 420 g/mol. The number of rotatable bonds is 7. The van der Waals surface area contributed by atoms with Crippen LogP contribution in [-0.4, -0.2) is 31.4 Å². The number of carbonyl (C=O) groups excluding carboxylic acids is 1. The van der Waals surface area contributed by atoms with E-state index in [0.29, 0.717) is 23.3 Å². The minimum atomic E-state index is -0.859. The average Bonchev–Trinajstić information content (AvgIpc) is 2.72. The summed E-state index contributed by atoms with van der Waals surface area (Å²) in [5, 5.41) is 19.4. The van der Waals surface area contributed by atoms with Crippen molar-refractivity contribution in [3.8, 4) is 5.69 Å². The van der Waals surface area contributed by atoms with E-state index in [2.05, 4.69) is 4.98 Å². The van der Waals surface area contributed by atoms with Crippen LogP contribution >= 0.6 is 0 Å². The van der Waals surface area contributed by atoms with Crippen LogP contribution in [0.4, 0.5) is 0 Å². The number of fused-ring (bicyclic) bond motifs is 1. The van der Waals surface area contributed by atoms with Crippen molar-refractivity contribution in [2.45, 2.75) is 25.9 Å². The predicted octanol–water partition coefficient (Wildman–Crippen LogP) is 2.52. The molecule has 1 amide bonds. The summed E-state index contributed by atoms with van der Waals surface area (Å²) >= 11 is 0. The van der Waals surface area contributed by atoms with Crippen LogP contribution < -0.4 is 16.6 Å². The number of nitrogens with one attached hydrogen (secondary N) is 1. The summed E-state index contributed by atoms with van der Waals surface area (Å²) in [7, 11) is 0. The number of carbonyl (C=O) groups is 1. The van der Waals surface area contributed by atoms with Crippen molar-refractivity contribution in [2.24, 2.45) is 5.73 Å². The minimum absolute atomic E-state index is 0.135. The molecule has 2 heterocycles. The van der Waals surface area contributed by atoms with Crippen LogP contribution in [0.1, 0.15) is 36.2 Å². The quantitative estimate of drug-likeness (QED) is 0.343. The van der Waals surface area contributed by atoms with E-state index in [1.54, 1.807) is 61.0 Å². The summed E-state index contributed by atoms with van der Waals surface area (Å²) in [6.07, 6.45) is 8.36. The molecule has 0 fully saturated rings. The van der Waals surface area contributed by atoms with E-state index < -0.39 is 16.9 Å². The zero-order valence-electron chi connectivity index (χ0n) is 17.2. The molecule has 1 aromatic carbocycles. The third-order valence-corrected chi connectivity index (χ3v) is 4.62. The van der Waals surface area contributed by atoms with Gasteiger partial charge in [0.05, 0.1) is 11.0 Å². The number of nitrogens with two attached hydrogens (primary N) is 1. The average molecular weight is 420 g/mol. The molecule has 2 aromatic heterocycles. The van der Waals surface area contributed by atoms with Gasteiger partial charge in [-0.2, -0.15) is 0 Å². The number of pyridine rings is 2. The SMILES string of the molecule is CC(C)(O)C/C=C\C(=C/NO)c1cccc(-n2cc(C(N)=O)c(=O)c3cccnc32)c1. The summed E-state index contributed by atoms with van der Waals surface area (Å²) in [5.74, 6) is -0.819. The summed E-state index contributed by atoms with van der Waals surface area (Å²) in [5.41, 5.74) is 8.41. The Labute approximate surface area is 178 Å². The van der Waals surface area contributed by atoms with Crippen LogP contribution in [-0.2, 0) is 0 Å². The third-order valence-electron chi connectivity index (χ3n) is 4.62. The number of hydrogen-bond donors (Lipinski definition) is 4. The Bertz CT molecular complexity index is 1240. The highest BCUT2D eigenvalue weighted by molar-refractivity contribution is 5.96. The number of hydrogen-bond acceptors (Lipinski definition) is 6.